The average molecular weight is 220 g/mol. The highest BCUT2D eigenvalue weighted by molar-refractivity contribution is 8.05. The Morgan fingerprint density at radius 3 is 2.60 bits per heavy atom. The van der Waals surface area contributed by atoms with Crippen molar-refractivity contribution in [3.8, 4) is 16.9 Å². The highest BCUT2D eigenvalue weighted by Gasteiger charge is 2.07. The molecule has 15 heavy (non-hydrogen) atoms. The molecule has 1 aromatic rings. The smallest absolute Gasteiger partial charge is 0.120 e. The van der Waals surface area contributed by atoms with Crippen LogP contribution in [0.3, 0.4) is 0 Å². The van der Waals surface area contributed by atoms with Gasteiger partial charge in [0.25, 0.3) is 0 Å². The van der Waals surface area contributed by atoms with Crippen LogP contribution in [0.1, 0.15) is 26.3 Å². The highest BCUT2D eigenvalue weighted by Crippen LogP contribution is 2.21. The van der Waals surface area contributed by atoms with E-state index < -0.39 is 0 Å². The number of ether oxygens (including phenoxy) is 1. The molecule has 0 aromatic heterocycles. The first kappa shape index (κ1) is 12.0. The lowest BCUT2D eigenvalue weighted by atomic mass is 10.2. The molecule has 1 aromatic carbocycles. The Bertz CT molecular complexity index is 380. The summed E-state index contributed by atoms with van der Waals surface area (Å²) in [6, 6.07) is 7.79. The van der Waals surface area contributed by atoms with Gasteiger partial charge in [-0.25, -0.2) is 0 Å². The van der Waals surface area contributed by atoms with Gasteiger partial charge in [0.05, 0.1) is 7.11 Å². The van der Waals surface area contributed by atoms with E-state index >= 15 is 0 Å². The van der Waals surface area contributed by atoms with Crippen molar-refractivity contribution in [2.75, 3.05) is 7.11 Å². The number of benzene rings is 1. The molecule has 0 aliphatic heterocycles. The maximum atomic E-state index is 5.13. The molecule has 0 atom stereocenters. The zero-order valence-electron chi connectivity index (χ0n) is 9.63. The van der Waals surface area contributed by atoms with Gasteiger partial charge in [0.15, 0.2) is 0 Å². The normalized spacial score (nSPS) is 10.4. The minimum absolute atomic E-state index is 0.186. The van der Waals surface area contributed by atoms with Crippen LogP contribution < -0.4 is 4.74 Å². The summed E-state index contributed by atoms with van der Waals surface area (Å²) in [5.41, 5.74) is 0.992. The van der Waals surface area contributed by atoms with E-state index in [2.05, 4.69) is 31.9 Å². The van der Waals surface area contributed by atoms with Crippen LogP contribution in [-0.4, -0.2) is 11.9 Å². The van der Waals surface area contributed by atoms with Gasteiger partial charge in [-0.15, -0.1) is 0 Å². The summed E-state index contributed by atoms with van der Waals surface area (Å²) >= 11 is 1.64. The van der Waals surface area contributed by atoms with Gasteiger partial charge in [-0.3, -0.25) is 0 Å². The Morgan fingerprint density at radius 1 is 1.27 bits per heavy atom. The minimum Gasteiger partial charge on any atom is -0.497 e. The third kappa shape index (κ3) is 4.80. The van der Waals surface area contributed by atoms with Gasteiger partial charge in [0.2, 0.25) is 0 Å². The third-order valence-corrected chi connectivity index (χ3v) is 2.44. The van der Waals surface area contributed by atoms with Gasteiger partial charge in [-0.1, -0.05) is 44.5 Å². The summed E-state index contributed by atoms with van der Waals surface area (Å²) in [5.74, 6) is 3.96. The fourth-order valence-electron chi connectivity index (χ4n) is 0.938. The average Bonchev–Trinajstić information content (AvgIpc) is 2.16. The summed E-state index contributed by atoms with van der Waals surface area (Å²) in [4.78, 5) is 0. The Morgan fingerprint density at radius 2 is 2.00 bits per heavy atom. The zero-order valence-corrected chi connectivity index (χ0v) is 10.4. The Kier molecular flexibility index (Phi) is 4.11. The first-order valence-corrected chi connectivity index (χ1v) is 5.66. The lowest BCUT2D eigenvalue weighted by Crippen LogP contribution is -2.04. The summed E-state index contributed by atoms with van der Waals surface area (Å²) in [6.07, 6.45) is 0. The predicted molar refractivity (Wildman–Crippen MR) is 67.2 cm³/mol. The maximum Gasteiger partial charge on any atom is 0.120 e. The number of thioether (sulfide) groups is 1. The molecule has 0 aliphatic carbocycles. The fourth-order valence-corrected chi connectivity index (χ4v) is 1.41. The van der Waals surface area contributed by atoms with E-state index in [-0.39, 0.29) is 4.75 Å². The molecule has 0 radical (unpaired) electrons. The van der Waals surface area contributed by atoms with E-state index in [4.69, 9.17) is 4.74 Å². The molecule has 1 rings (SSSR count). The van der Waals surface area contributed by atoms with Crippen LogP contribution in [-0.2, 0) is 0 Å². The lowest BCUT2D eigenvalue weighted by molar-refractivity contribution is 0.414. The van der Waals surface area contributed by atoms with Crippen LogP contribution >= 0.6 is 11.8 Å². The van der Waals surface area contributed by atoms with Crippen LogP contribution in [0.5, 0.6) is 5.75 Å². The van der Waals surface area contributed by atoms with Gasteiger partial charge in [0.1, 0.15) is 5.75 Å². The summed E-state index contributed by atoms with van der Waals surface area (Å²) in [7, 11) is 1.66. The first-order chi connectivity index (χ1) is 7.01. The molecule has 0 fully saturated rings. The first-order valence-electron chi connectivity index (χ1n) is 4.84. The van der Waals surface area contributed by atoms with E-state index in [0.29, 0.717) is 0 Å². The summed E-state index contributed by atoms with van der Waals surface area (Å²) in [5, 5.41) is 3.10. The van der Waals surface area contributed by atoms with Crippen LogP contribution in [0.2, 0.25) is 0 Å². The number of rotatable bonds is 1. The molecule has 0 amide bonds. The molecule has 1 nitrogen and oxygen atoms in total. The SMILES string of the molecule is COc1cccc(C#CSC(C)(C)C)c1. The Labute approximate surface area is 96.2 Å². The molecule has 0 unspecified atom stereocenters. The Balaban J connectivity index is 2.71. The van der Waals surface area contributed by atoms with Crippen molar-refractivity contribution in [1.82, 2.24) is 0 Å². The van der Waals surface area contributed by atoms with Crippen LogP contribution in [0.4, 0.5) is 0 Å². The van der Waals surface area contributed by atoms with Crippen molar-refractivity contribution >= 4 is 11.8 Å². The molecule has 0 bridgehead atoms. The van der Waals surface area contributed by atoms with Gasteiger partial charge >= 0.3 is 0 Å². The maximum absolute atomic E-state index is 5.13. The fraction of sp³-hybridized carbons (Fsp3) is 0.385. The molecule has 80 valence electrons. The van der Waals surface area contributed by atoms with Gasteiger partial charge in [-0.2, -0.15) is 0 Å². The van der Waals surface area contributed by atoms with Gasteiger partial charge in [0, 0.05) is 10.3 Å². The summed E-state index contributed by atoms with van der Waals surface area (Å²) in [6.45, 7) is 6.45. The van der Waals surface area contributed by atoms with E-state index in [1.807, 2.05) is 24.3 Å². The monoisotopic (exact) mass is 220 g/mol. The van der Waals surface area contributed by atoms with Crippen molar-refractivity contribution in [2.24, 2.45) is 0 Å². The second kappa shape index (κ2) is 5.14. The topological polar surface area (TPSA) is 9.23 Å². The van der Waals surface area contributed by atoms with Crippen molar-refractivity contribution in [3.63, 3.8) is 0 Å². The van der Waals surface area contributed by atoms with Gasteiger partial charge in [-0.05, 0) is 23.5 Å². The van der Waals surface area contributed by atoms with Crippen LogP contribution in [0, 0.1) is 11.2 Å². The molecule has 0 aliphatic rings. The molecule has 0 heterocycles. The highest BCUT2D eigenvalue weighted by atomic mass is 32.2. The molecular formula is C13H16OS. The number of hydrogen-bond donors (Lipinski definition) is 0. The van der Waals surface area contributed by atoms with E-state index in [1.54, 1.807) is 18.9 Å². The second-order valence-corrected chi connectivity index (χ2v) is 5.81. The number of methoxy groups -OCH3 is 1. The quantitative estimate of drug-likeness (QED) is 0.669. The van der Waals surface area contributed by atoms with Crippen molar-refractivity contribution in [3.05, 3.63) is 29.8 Å². The minimum atomic E-state index is 0.186. The van der Waals surface area contributed by atoms with Crippen molar-refractivity contribution < 1.29 is 4.74 Å². The Hall–Kier alpha value is -1.07. The molecular weight excluding hydrogens is 204 g/mol. The third-order valence-electron chi connectivity index (χ3n) is 1.62. The number of hydrogen-bond acceptors (Lipinski definition) is 2. The molecule has 0 N–H and O–H groups in total. The molecule has 0 saturated carbocycles. The van der Waals surface area contributed by atoms with Crippen molar-refractivity contribution in [2.45, 2.75) is 25.5 Å². The summed E-state index contributed by atoms with van der Waals surface area (Å²) < 4.78 is 5.31. The predicted octanol–water partition coefficient (Wildman–Crippen LogP) is 3.54. The van der Waals surface area contributed by atoms with Crippen LogP contribution in [0.15, 0.2) is 24.3 Å². The largest absolute Gasteiger partial charge is 0.497 e. The zero-order chi connectivity index (χ0) is 11.3. The molecule has 2 heteroatoms. The van der Waals surface area contributed by atoms with E-state index in [1.165, 1.54) is 0 Å². The lowest BCUT2D eigenvalue weighted by Gasteiger charge is -2.11. The van der Waals surface area contributed by atoms with Crippen molar-refractivity contribution in [1.29, 1.82) is 0 Å². The van der Waals surface area contributed by atoms with Gasteiger partial charge < -0.3 is 4.74 Å². The molecule has 0 spiro atoms. The molecule has 0 saturated heterocycles. The second-order valence-electron chi connectivity index (χ2n) is 4.17. The standard InChI is InChI=1S/C13H16OS/c1-13(2,3)15-9-8-11-6-5-7-12(10-11)14-4/h5-7,10H,1-4H3. The van der Waals surface area contributed by atoms with E-state index in [0.717, 1.165) is 11.3 Å². The van der Waals surface area contributed by atoms with E-state index in [9.17, 15) is 0 Å². The van der Waals surface area contributed by atoms with Crippen LogP contribution in [0.25, 0.3) is 0 Å².